The van der Waals surface area contributed by atoms with Gasteiger partial charge >= 0.3 is 6.09 Å². The van der Waals surface area contributed by atoms with Crippen LogP contribution >= 0.6 is 11.3 Å². The summed E-state index contributed by atoms with van der Waals surface area (Å²) in [5.74, 6) is 0.239. The number of aryl methyl sites for hydroxylation is 1. The Morgan fingerprint density at radius 2 is 1.86 bits per heavy atom. The maximum Gasteiger partial charge on any atom is 0.409 e. The smallest absolute Gasteiger partial charge is 0.409 e. The zero-order valence-corrected chi connectivity index (χ0v) is 17.6. The Labute approximate surface area is 171 Å². The first-order valence-corrected chi connectivity index (χ1v) is 11.6. The third kappa shape index (κ3) is 4.06. The number of amides is 2. The van der Waals surface area contributed by atoms with Crippen LogP contribution in [0.1, 0.15) is 53.4 Å². The van der Waals surface area contributed by atoms with E-state index in [0.29, 0.717) is 25.7 Å². The molecule has 0 bridgehead atoms. The van der Waals surface area contributed by atoms with Crippen molar-refractivity contribution >= 4 is 23.3 Å². The van der Waals surface area contributed by atoms with E-state index in [-0.39, 0.29) is 12.0 Å². The number of thiophene rings is 1. The molecular formula is C21H31N3O3S. The average Bonchev–Trinajstić information content (AvgIpc) is 3.18. The zero-order chi connectivity index (χ0) is 19.5. The van der Waals surface area contributed by atoms with Crippen molar-refractivity contribution in [3.8, 4) is 0 Å². The predicted octanol–water partition coefficient (Wildman–Crippen LogP) is 3.01. The number of nitrogens with zero attached hydrogens (tertiary/aromatic N) is 3. The molecular weight excluding hydrogens is 374 g/mol. The number of carbonyl (C=O) groups excluding carboxylic acids is 2. The minimum atomic E-state index is -0.204. The lowest BCUT2D eigenvalue weighted by molar-refractivity contribution is 0.0379. The minimum absolute atomic E-state index is 0.204. The number of piperidine rings is 1. The van der Waals surface area contributed by atoms with Crippen molar-refractivity contribution in [2.45, 2.75) is 51.5 Å². The van der Waals surface area contributed by atoms with E-state index in [1.54, 1.807) is 16.2 Å². The van der Waals surface area contributed by atoms with Crippen LogP contribution in [-0.2, 0) is 17.6 Å². The maximum atomic E-state index is 13.2. The normalized spacial score (nSPS) is 23.4. The van der Waals surface area contributed by atoms with Gasteiger partial charge in [-0.15, -0.1) is 11.3 Å². The Balaban J connectivity index is 1.35. The van der Waals surface area contributed by atoms with Crippen LogP contribution in [-0.4, -0.2) is 78.6 Å². The minimum Gasteiger partial charge on any atom is -0.450 e. The third-order valence-electron chi connectivity index (χ3n) is 6.34. The van der Waals surface area contributed by atoms with Crippen LogP contribution in [0.25, 0.3) is 0 Å². The molecule has 6 nitrogen and oxygen atoms in total. The van der Waals surface area contributed by atoms with Gasteiger partial charge in [0.25, 0.3) is 5.91 Å². The zero-order valence-electron chi connectivity index (χ0n) is 16.8. The first kappa shape index (κ1) is 19.7. The third-order valence-corrected chi connectivity index (χ3v) is 7.40. The van der Waals surface area contributed by atoms with Crippen molar-refractivity contribution in [3.63, 3.8) is 0 Å². The second-order valence-electron chi connectivity index (χ2n) is 8.04. The number of hydrogen-bond acceptors (Lipinski definition) is 5. The van der Waals surface area contributed by atoms with Gasteiger partial charge < -0.3 is 14.5 Å². The second kappa shape index (κ2) is 8.82. The predicted molar refractivity (Wildman–Crippen MR) is 110 cm³/mol. The summed E-state index contributed by atoms with van der Waals surface area (Å²) in [6.45, 7) is 7.08. The van der Waals surface area contributed by atoms with Gasteiger partial charge in [0.2, 0.25) is 0 Å². The van der Waals surface area contributed by atoms with E-state index in [1.807, 2.05) is 6.92 Å². The van der Waals surface area contributed by atoms with E-state index in [2.05, 4.69) is 15.2 Å². The van der Waals surface area contributed by atoms with Crippen molar-refractivity contribution < 1.29 is 14.3 Å². The molecule has 0 radical (unpaired) electrons. The Morgan fingerprint density at radius 1 is 1.07 bits per heavy atom. The summed E-state index contributed by atoms with van der Waals surface area (Å²) in [6, 6.07) is 0.401. The molecule has 4 rings (SSSR count). The van der Waals surface area contributed by atoms with Gasteiger partial charge in [-0.1, -0.05) is 0 Å². The van der Waals surface area contributed by atoms with Gasteiger partial charge in [0.1, 0.15) is 0 Å². The van der Waals surface area contributed by atoms with E-state index in [9.17, 15) is 9.59 Å². The fraction of sp³-hybridized carbons (Fsp3) is 0.714. The standard InChI is InChI=1S/C21H31N3O3S/c1-2-27-21(26)23-12-10-22(11-13-23)17-7-5-9-24(14-17)20(25)19-18-8-4-3-6-16(18)15-28-19/h15,17H,2-14H2,1H3/t17-/m0/s1. The Kier molecular flexibility index (Phi) is 6.21. The van der Waals surface area contributed by atoms with Crippen molar-refractivity contribution in [2.75, 3.05) is 45.9 Å². The number of carbonyl (C=O) groups is 2. The van der Waals surface area contributed by atoms with Crippen molar-refractivity contribution in [3.05, 3.63) is 21.4 Å². The van der Waals surface area contributed by atoms with Crippen LogP contribution in [0.4, 0.5) is 4.79 Å². The number of fused-ring (bicyclic) bond motifs is 1. The summed E-state index contributed by atoms with van der Waals surface area (Å²) >= 11 is 1.65. The topological polar surface area (TPSA) is 53.1 Å². The highest BCUT2D eigenvalue weighted by Gasteiger charge is 2.33. The molecule has 1 atom stereocenters. The van der Waals surface area contributed by atoms with Crippen LogP contribution in [0.15, 0.2) is 5.38 Å². The van der Waals surface area contributed by atoms with Gasteiger partial charge in [-0.3, -0.25) is 9.69 Å². The highest BCUT2D eigenvalue weighted by Crippen LogP contribution is 2.31. The summed E-state index contributed by atoms with van der Waals surface area (Å²) in [4.78, 5) is 32.4. The van der Waals surface area contributed by atoms with Gasteiger partial charge in [-0.25, -0.2) is 4.79 Å². The number of likely N-dealkylation sites (tertiary alicyclic amines) is 1. The second-order valence-corrected chi connectivity index (χ2v) is 8.92. The molecule has 0 N–H and O–H groups in total. The lowest BCUT2D eigenvalue weighted by Crippen LogP contribution is -2.56. The SMILES string of the molecule is CCOC(=O)N1CCN([C@H]2CCCN(C(=O)c3scc4c3CCCC4)C2)CC1. The lowest BCUT2D eigenvalue weighted by atomic mass is 9.93. The molecule has 2 aliphatic heterocycles. The lowest BCUT2D eigenvalue weighted by Gasteiger charge is -2.43. The largest absolute Gasteiger partial charge is 0.450 e. The fourth-order valence-electron chi connectivity index (χ4n) is 4.76. The van der Waals surface area contributed by atoms with E-state index >= 15 is 0 Å². The molecule has 0 spiro atoms. The molecule has 0 aromatic carbocycles. The molecule has 28 heavy (non-hydrogen) atoms. The molecule has 1 aliphatic carbocycles. The molecule has 3 heterocycles. The first-order chi connectivity index (χ1) is 13.7. The van der Waals surface area contributed by atoms with E-state index < -0.39 is 0 Å². The molecule has 0 unspecified atom stereocenters. The maximum absolute atomic E-state index is 13.2. The summed E-state index contributed by atoms with van der Waals surface area (Å²) in [5.41, 5.74) is 2.73. The van der Waals surface area contributed by atoms with Crippen molar-refractivity contribution in [2.24, 2.45) is 0 Å². The molecule has 2 saturated heterocycles. The Bertz CT molecular complexity index is 712. The summed E-state index contributed by atoms with van der Waals surface area (Å²) in [6.07, 6.45) is 6.64. The van der Waals surface area contributed by atoms with Gasteiger partial charge in [0, 0.05) is 45.3 Å². The molecule has 2 fully saturated rings. The van der Waals surface area contributed by atoms with Crippen LogP contribution in [0.2, 0.25) is 0 Å². The number of piperazine rings is 1. The highest BCUT2D eigenvalue weighted by molar-refractivity contribution is 7.12. The number of hydrogen-bond donors (Lipinski definition) is 0. The molecule has 3 aliphatic rings. The van der Waals surface area contributed by atoms with Gasteiger partial charge in [0.15, 0.2) is 0 Å². The molecule has 1 aromatic rings. The molecule has 7 heteroatoms. The van der Waals surface area contributed by atoms with Crippen LogP contribution in [0.3, 0.4) is 0 Å². The number of ether oxygens (including phenoxy) is 1. The monoisotopic (exact) mass is 405 g/mol. The Morgan fingerprint density at radius 3 is 2.64 bits per heavy atom. The first-order valence-electron chi connectivity index (χ1n) is 10.7. The molecule has 2 amide bonds. The molecule has 1 aromatic heterocycles. The quantitative estimate of drug-likeness (QED) is 0.776. The van der Waals surface area contributed by atoms with Crippen LogP contribution in [0, 0.1) is 0 Å². The van der Waals surface area contributed by atoms with Gasteiger partial charge in [0.05, 0.1) is 11.5 Å². The molecule has 0 saturated carbocycles. The molecule has 154 valence electrons. The van der Waals surface area contributed by atoms with Gasteiger partial charge in [-0.05, 0) is 62.0 Å². The van der Waals surface area contributed by atoms with E-state index in [1.165, 1.54) is 24.0 Å². The van der Waals surface area contributed by atoms with Crippen molar-refractivity contribution in [1.82, 2.24) is 14.7 Å². The van der Waals surface area contributed by atoms with Crippen molar-refractivity contribution in [1.29, 1.82) is 0 Å². The summed E-state index contributed by atoms with van der Waals surface area (Å²) in [7, 11) is 0. The van der Waals surface area contributed by atoms with Crippen LogP contribution < -0.4 is 0 Å². The van der Waals surface area contributed by atoms with E-state index in [0.717, 1.165) is 56.7 Å². The number of rotatable bonds is 3. The highest BCUT2D eigenvalue weighted by atomic mass is 32.1. The van der Waals surface area contributed by atoms with E-state index in [4.69, 9.17) is 4.74 Å². The Hall–Kier alpha value is -1.60. The summed E-state index contributed by atoms with van der Waals surface area (Å²) in [5, 5.41) is 2.21. The fourth-order valence-corrected chi connectivity index (χ4v) is 5.89. The van der Waals surface area contributed by atoms with Gasteiger partial charge in [-0.2, -0.15) is 0 Å². The summed E-state index contributed by atoms with van der Waals surface area (Å²) < 4.78 is 5.11. The van der Waals surface area contributed by atoms with Crippen LogP contribution in [0.5, 0.6) is 0 Å². The average molecular weight is 406 g/mol.